The molecule has 1 heterocycles. The molecule has 26 heavy (non-hydrogen) atoms. The molecule has 3 nitrogen and oxygen atoms in total. The van der Waals surface area contributed by atoms with E-state index in [-0.39, 0.29) is 17.6 Å². The van der Waals surface area contributed by atoms with Gasteiger partial charge in [-0.05, 0) is 36.5 Å². The summed E-state index contributed by atoms with van der Waals surface area (Å²) in [5.41, 5.74) is 2.20. The van der Waals surface area contributed by atoms with Gasteiger partial charge in [0, 0.05) is 31.5 Å². The molecule has 0 N–H and O–H groups in total. The number of Topliss-reactive ketones (excluding diaryl/α,β-unsaturated/α-hetero) is 1. The second kappa shape index (κ2) is 9.14. The van der Waals surface area contributed by atoms with Crippen molar-refractivity contribution >= 4 is 17.8 Å². The SMILES string of the molecule is O=C(CCc1ccccc1)C1CCCN(C(=O)/C=C/c2ccccc2)C1. The number of carbonyl (C=O) groups excluding carboxylic acids is 2. The molecule has 3 heteroatoms. The van der Waals surface area contributed by atoms with Gasteiger partial charge in [0.05, 0.1) is 0 Å². The van der Waals surface area contributed by atoms with Crippen molar-refractivity contribution in [2.24, 2.45) is 5.92 Å². The first-order chi connectivity index (χ1) is 12.7. The van der Waals surface area contributed by atoms with Crippen molar-refractivity contribution in [1.29, 1.82) is 0 Å². The molecule has 1 fully saturated rings. The zero-order valence-electron chi connectivity index (χ0n) is 15.0. The molecule has 2 aromatic carbocycles. The van der Waals surface area contributed by atoms with Crippen LogP contribution >= 0.6 is 0 Å². The Labute approximate surface area is 155 Å². The molecule has 1 aliphatic heterocycles. The molecule has 134 valence electrons. The van der Waals surface area contributed by atoms with E-state index in [1.54, 1.807) is 6.08 Å². The van der Waals surface area contributed by atoms with Gasteiger partial charge in [0.1, 0.15) is 5.78 Å². The average molecular weight is 347 g/mol. The lowest BCUT2D eigenvalue weighted by Crippen LogP contribution is -2.41. The molecule has 0 bridgehead atoms. The molecule has 0 saturated carbocycles. The number of hydrogen-bond donors (Lipinski definition) is 0. The molecular weight excluding hydrogens is 322 g/mol. The lowest BCUT2D eigenvalue weighted by atomic mass is 9.90. The van der Waals surface area contributed by atoms with Crippen molar-refractivity contribution in [2.45, 2.75) is 25.7 Å². The fraction of sp³-hybridized carbons (Fsp3) is 0.304. The Morgan fingerprint density at radius 3 is 2.42 bits per heavy atom. The molecule has 0 aromatic heterocycles. The second-order valence-corrected chi connectivity index (χ2v) is 6.82. The minimum Gasteiger partial charge on any atom is -0.338 e. The van der Waals surface area contributed by atoms with E-state index < -0.39 is 0 Å². The summed E-state index contributed by atoms with van der Waals surface area (Å²) in [7, 11) is 0. The van der Waals surface area contributed by atoms with Crippen LogP contribution in [0.3, 0.4) is 0 Å². The molecular formula is C23H25NO2. The monoisotopic (exact) mass is 347 g/mol. The Kier molecular flexibility index (Phi) is 6.37. The van der Waals surface area contributed by atoms with Gasteiger partial charge in [-0.2, -0.15) is 0 Å². The van der Waals surface area contributed by atoms with Crippen LogP contribution in [0.2, 0.25) is 0 Å². The Morgan fingerprint density at radius 2 is 1.69 bits per heavy atom. The summed E-state index contributed by atoms with van der Waals surface area (Å²) in [6.45, 7) is 1.28. The highest BCUT2D eigenvalue weighted by atomic mass is 16.2. The van der Waals surface area contributed by atoms with Crippen LogP contribution in [0.5, 0.6) is 0 Å². The van der Waals surface area contributed by atoms with E-state index in [0.717, 1.165) is 31.4 Å². The van der Waals surface area contributed by atoms with Gasteiger partial charge in [0.2, 0.25) is 5.91 Å². The molecule has 1 unspecified atom stereocenters. The van der Waals surface area contributed by atoms with E-state index in [1.165, 1.54) is 5.56 Å². The van der Waals surface area contributed by atoms with Gasteiger partial charge in [-0.25, -0.2) is 0 Å². The first-order valence-electron chi connectivity index (χ1n) is 9.31. The summed E-state index contributed by atoms with van der Waals surface area (Å²) in [5, 5.41) is 0. The number of hydrogen-bond acceptors (Lipinski definition) is 2. The smallest absolute Gasteiger partial charge is 0.246 e. The number of aryl methyl sites for hydroxylation is 1. The van der Waals surface area contributed by atoms with Gasteiger partial charge < -0.3 is 4.90 Å². The molecule has 0 spiro atoms. The van der Waals surface area contributed by atoms with Crippen molar-refractivity contribution in [3.8, 4) is 0 Å². The molecule has 3 rings (SSSR count). The van der Waals surface area contributed by atoms with Gasteiger partial charge in [-0.1, -0.05) is 60.7 Å². The molecule has 1 aliphatic rings. The third-order valence-electron chi connectivity index (χ3n) is 4.91. The fourth-order valence-corrected chi connectivity index (χ4v) is 3.39. The predicted octanol–water partition coefficient (Wildman–Crippen LogP) is 4.14. The van der Waals surface area contributed by atoms with Crippen molar-refractivity contribution in [2.75, 3.05) is 13.1 Å². The summed E-state index contributed by atoms with van der Waals surface area (Å²) in [6, 6.07) is 19.9. The number of piperidine rings is 1. The van der Waals surface area contributed by atoms with E-state index in [2.05, 4.69) is 12.1 Å². The van der Waals surface area contributed by atoms with Crippen molar-refractivity contribution in [1.82, 2.24) is 4.90 Å². The van der Waals surface area contributed by atoms with E-state index in [4.69, 9.17) is 0 Å². The van der Waals surface area contributed by atoms with Crippen molar-refractivity contribution in [3.05, 3.63) is 77.9 Å². The van der Waals surface area contributed by atoms with Crippen LogP contribution in [0.25, 0.3) is 6.08 Å². The number of carbonyl (C=O) groups is 2. The summed E-state index contributed by atoms with van der Waals surface area (Å²) < 4.78 is 0. The number of rotatable bonds is 6. The van der Waals surface area contributed by atoms with Crippen LogP contribution in [-0.2, 0) is 16.0 Å². The zero-order valence-corrected chi connectivity index (χ0v) is 15.0. The van der Waals surface area contributed by atoms with Gasteiger partial charge in [0.15, 0.2) is 0 Å². The van der Waals surface area contributed by atoms with Gasteiger partial charge in [-0.3, -0.25) is 9.59 Å². The third-order valence-corrected chi connectivity index (χ3v) is 4.91. The number of nitrogens with zero attached hydrogens (tertiary/aromatic N) is 1. The van der Waals surface area contributed by atoms with E-state index in [1.807, 2.05) is 59.5 Å². The first-order valence-corrected chi connectivity index (χ1v) is 9.31. The van der Waals surface area contributed by atoms with Gasteiger partial charge >= 0.3 is 0 Å². The molecule has 1 saturated heterocycles. The topological polar surface area (TPSA) is 37.4 Å². The zero-order chi connectivity index (χ0) is 18.2. The first kappa shape index (κ1) is 18.1. The van der Waals surface area contributed by atoms with Crippen LogP contribution in [0.4, 0.5) is 0 Å². The van der Waals surface area contributed by atoms with Crippen molar-refractivity contribution < 1.29 is 9.59 Å². The highest BCUT2D eigenvalue weighted by molar-refractivity contribution is 5.92. The molecule has 0 radical (unpaired) electrons. The fourth-order valence-electron chi connectivity index (χ4n) is 3.39. The van der Waals surface area contributed by atoms with Crippen LogP contribution in [0, 0.1) is 5.92 Å². The minimum atomic E-state index is -0.0264. The maximum absolute atomic E-state index is 12.6. The van der Waals surface area contributed by atoms with Gasteiger partial charge in [0.25, 0.3) is 0 Å². The number of benzene rings is 2. The van der Waals surface area contributed by atoms with E-state index in [0.29, 0.717) is 13.0 Å². The second-order valence-electron chi connectivity index (χ2n) is 6.82. The predicted molar refractivity (Wildman–Crippen MR) is 105 cm³/mol. The summed E-state index contributed by atoms with van der Waals surface area (Å²) in [6.07, 6.45) is 6.57. The summed E-state index contributed by atoms with van der Waals surface area (Å²) >= 11 is 0. The quantitative estimate of drug-likeness (QED) is 0.737. The van der Waals surface area contributed by atoms with Crippen LogP contribution in [0.15, 0.2) is 66.7 Å². The molecule has 2 aromatic rings. The lowest BCUT2D eigenvalue weighted by molar-refractivity contribution is -0.131. The Balaban J connectivity index is 1.52. The Bertz CT molecular complexity index is 752. The normalized spacial score (nSPS) is 17.4. The Hall–Kier alpha value is -2.68. The van der Waals surface area contributed by atoms with Crippen molar-refractivity contribution in [3.63, 3.8) is 0 Å². The molecule has 0 aliphatic carbocycles. The van der Waals surface area contributed by atoms with Crippen LogP contribution < -0.4 is 0 Å². The summed E-state index contributed by atoms with van der Waals surface area (Å²) in [4.78, 5) is 26.8. The standard InChI is InChI=1S/C23H25NO2/c25-22(15-13-19-8-3-1-4-9-19)21-12-7-17-24(18-21)23(26)16-14-20-10-5-2-6-11-20/h1-6,8-11,14,16,21H,7,12-13,15,17-18H2/b16-14+. The maximum atomic E-state index is 12.6. The lowest BCUT2D eigenvalue weighted by Gasteiger charge is -2.31. The number of ketones is 1. The van der Waals surface area contributed by atoms with Crippen LogP contribution in [-0.4, -0.2) is 29.7 Å². The largest absolute Gasteiger partial charge is 0.338 e. The molecule has 1 atom stereocenters. The van der Waals surface area contributed by atoms with E-state index in [9.17, 15) is 9.59 Å². The van der Waals surface area contributed by atoms with Gasteiger partial charge in [-0.15, -0.1) is 0 Å². The van der Waals surface area contributed by atoms with Crippen LogP contribution in [0.1, 0.15) is 30.4 Å². The number of amides is 1. The highest BCUT2D eigenvalue weighted by Gasteiger charge is 2.27. The maximum Gasteiger partial charge on any atom is 0.246 e. The highest BCUT2D eigenvalue weighted by Crippen LogP contribution is 2.20. The Morgan fingerprint density at radius 1 is 1.00 bits per heavy atom. The third kappa shape index (κ3) is 5.16. The number of likely N-dealkylation sites (tertiary alicyclic amines) is 1. The average Bonchev–Trinajstić information content (AvgIpc) is 2.72. The molecule has 1 amide bonds. The van der Waals surface area contributed by atoms with E-state index >= 15 is 0 Å². The summed E-state index contributed by atoms with van der Waals surface area (Å²) in [5.74, 6) is 0.245. The minimum absolute atomic E-state index is 0.00517.